The Labute approximate surface area is 106 Å². The summed E-state index contributed by atoms with van der Waals surface area (Å²) < 4.78 is 0. The average molecular weight is 234 g/mol. The van der Waals surface area contributed by atoms with E-state index in [0.29, 0.717) is 6.04 Å². The molecule has 1 unspecified atom stereocenters. The topological polar surface area (TPSA) is 24.9 Å². The van der Waals surface area contributed by atoms with Crippen molar-refractivity contribution >= 4 is 0 Å². The van der Waals surface area contributed by atoms with Crippen LogP contribution >= 0.6 is 0 Å². The Morgan fingerprint density at radius 1 is 1.24 bits per heavy atom. The number of pyridine rings is 1. The molecule has 0 amide bonds. The fourth-order valence-electron chi connectivity index (χ4n) is 1.91. The van der Waals surface area contributed by atoms with E-state index >= 15 is 0 Å². The Morgan fingerprint density at radius 2 is 2.00 bits per heavy atom. The lowest BCUT2D eigenvalue weighted by Crippen LogP contribution is -2.26. The summed E-state index contributed by atoms with van der Waals surface area (Å²) in [6, 6.07) is 4.69. The van der Waals surface area contributed by atoms with Crippen LogP contribution in [0.4, 0.5) is 0 Å². The van der Waals surface area contributed by atoms with Gasteiger partial charge in [-0.15, -0.1) is 0 Å². The molecule has 2 heteroatoms. The van der Waals surface area contributed by atoms with E-state index in [0.717, 1.165) is 12.5 Å². The lowest BCUT2D eigenvalue weighted by molar-refractivity contribution is 0.455. The Morgan fingerprint density at radius 3 is 2.65 bits per heavy atom. The van der Waals surface area contributed by atoms with Crippen LogP contribution in [0.2, 0.25) is 0 Å². The molecule has 0 radical (unpaired) electrons. The maximum Gasteiger partial charge on any atom is 0.0570 e. The van der Waals surface area contributed by atoms with Crippen molar-refractivity contribution in [3.05, 3.63) is 29.6 Å². The number of hydrogen-bond acceptors (Lipinski definition) is 2. The minimum atomic E-state index is 0.579. The van der Waals surface area contributed by atoms with Gasteiger partial charge in [0.2, 0.25) is 0 Å². The van der Waals surface area contributed by atoms with E-state index in [1.165, 1.54) is 30.5 Å². The first-order chi connectivity index (χ1) is 8.09. The molecule has 0 aromatic carbocycles. The molecule has 17 heavy (non-hydrogen) atoms. The summed E-state index contributed by atoms with van der Waals surface area (Å²) in [4.78, 5) is 4.40. The summed E-state index contributed by atoms with van der Waals surface area (Å²) in [6.07, 6.45) is 5.76. The van der Waals surface area contributed by atoms with Gasteiger partial charge in [-0.3, -0.25) is 4.98 Å². The zero-order valence-electron chi connectivity index (χ0n) is 11.7. The lowest BCUT2D eigenvalue weighted by atomic mass is 10.0. The maximum absolute atomic E-state index is 4.40. The van der Waals surface area contributed by atoms with Crippen molar-refractivity contribution in [2.45, 2.75) is 59.5 Å². The highest BCUT2D eigenvalue weighted by Crippen LogP contribution is 2.09. The molecule has 1 aromatic rings. The highest BCUT2D eigenvalue weighted by molar-refractivity contribution is 5.17. The summed E-state index contributed by atoms with van der Waals surface area (Å²) in [5, 5.41) is 3.55. The fourth-order valence-corrected chi connectivity index (χ4v) is 1.91. The zero-order valence-corrected chi connectivity index (χ0v) is 11.7. The molecule has 1 heterocycles. The van der Waals surface area contributed by atoms with Crippen molar-refractivity contribution in [2.75, 3.05) is 0 Å². The van der Waals surface area contributed by atoms with Gasteiger partial charge in [0, 0.05) is 18.8 Å². The monoisotopic (exact) mass is 234 g/mol. The molecule has 0 saturated carbocycles. The van der Waals surface area contributed by atoms with E-state index in [2.05, 4.69) is 44.1 Å². The van der Waals surface area contributed by atoms with Crippen molar-refractivity contribution < 1.29 is 0 Å². The van der Waals surface area contributed by atoms with Gasteiger partial charge in [0.1, 0.15) is 0 Å². The van der Waals surface area contributed by atoms with Crippen molar-refractivity contribution in [1.29, 1.82) is 0 Å². The van der Waals surface area contributed by atoms with Crippen molar-refractivity contribution in [2.24, 2.45) is 5.92 Å². The van der Waals surface area contributed by atoms with Crippen LogP contribution in [0.5, 0.6) is 0 Å². The molecule has 0 aliphatic carbocycles. The van der Waals surface area contributed by atoms with Crippen LogP contribution < -0.4 is 5.32 Å². The Kier molecular flexibility index (Phi) is 6.20. The van der Waals surface area contributed by atoms with Gasteiger partial charge in [0.25, 0.3) is 0 Å². The van der Waals surface area contributed by atoms with E-state index in [-0.39, 0.29) is 0 Å². The number of nitrogens with one attached hydrogen (secondary N) is 1. The van der Waals surface area contributed by atoms with E-state index in [4.69, 9.17) is 0 Å². The molecule has 0 saturated heterocycles. The zero-order chi connectivity index (χ0) is 12.7. The van der Waals surface area contributed by atoms with Crippen LogP contribution in [-0.2, 0) is 6.54 Å². The lowest BCUT2D eigenvalue weighted by Gasteiger charge is -2.14. The molecule has 96 valence electrons. The van der Waals surface area contributed by atoms with Gasteiger partial charge in [0.15, 0.2) is 0 Å². The fraction of sp³-hybridized carbons (Fsp3) is 0.667. The SMILES string of the molecule is Cc1cccnc1CNC(C)CCCC(C)C. The molecular formula is C15H26N2. The predicted molar refractivity (Wildman–Crippen MR) is 74.0 cm³/mol. The standard InChI is InChI=1S/C15H26N2/c1-12(2)7-5-9-14(4)17-11-15-13(3)8-6-10-16-15/h6,8,10,12,14,17H,5,7,9,11H2,1-4H3. The number of aromatic nitrogens is 1. The van der Waals surface area contributed by atoms with Gasteiger partial charge < -0.3 is 5.32 Å². The smallest absolute Gasteiger partial charge is 0.0570 e. The minimum Gasteiger partial charge on any atom is -0.309 e. The number of hydrogen-bond donors (Lipinski definition) is 1. The molecule has 1 atom stereocenters. The van der Waals surface area contributed by atoms with E-state index in [9.17, 15) is 0 Å². The van der Waals surface area contributed by atoms with Gasteiger partial charge in [-0.05, 0) is 37.8 Å². The first kappa shape index (κ1) is 14.2. The van der Waals surface area contributed by atoms with Crippen molar-refractivity contribution in [3.8, 4) is 0 Å². The summed E-state index contributed by atoms with van der Waals surface area (Å²) in [7, 11) is 0. The van der Waals surface area contributed by atoms with Crippen molar-refractivity contribution in [3.63, 3.8) is 0 Å². The third-order valence-corrected chi connectivity index (χ3v) is 3.15. The van der Waals surface area contributed by atoms with Crippen LogP contribution in [0.1, 0.15) is 51.3 Å². The van der Waals surface area contributed by atoms with E-state index in [1.54, 1.807) is 0 Å². The Bertz CT molecular complexity index is 320. The van der Waals surface area contributed by atoms with Gasteiger partial charge in [-0.25, -0.2) is 0 Å². The normalized spacial score (nSPS) is 13.0. The second-order valence-electron chi connectivity index (χ2n) is 5.37. The second-order valence-corrected chi connectivity index (χ2v) is 5.37. The first-order valence-corrected chi connectivity index (χ1v) is 6.73. The van der Waals surface area contributed by atoms with Crippen molar-refractivity contribution in [1.82, 2.24) is 10.3 Å². The van der Waals surface area contributed by atoms with Crippen LogP contribution in [0.15, 0.2) is 18.3 Å². The molecule has 0 aliphatic rings. The molecule has 1 N–H and O–H groups in total. The highest BCUT2D eigenvalue weighted by atomic mass is 14.9. The van der Waals surface area contributed by atoms with Crippen LogP contribution in [0, 0.1) is 12.8 Å². The Hall–Kier alpha value is -0.890. The maximum atomic E-state index is 4.40. The van der Waals surface area contributed by atoms with Crippen LogP contribution in [-0.4, -0.2) is 11.0 Å². The van der Waals surface area contributed by atoms with Gasteiger partial charge in [0.05, 0.1) is 5.69 Å². The van der Waals surface area contributed by atoms with Gasteiger partial charge in [-0.1, -0.05) is 32.8 Å². The van der Waals surface area contributed by atoms with Crippen LogP contribution in [0.25, 0.3) is 0 Å². The summed E-state index contributed by atoms with van der Waals surface area (Å²) >= 11 is 0. The number of rotatable bonds is 7. The van der Waals surface area contributed by atoms with E-state index < -0.39 is 0 Å². The molecule has 1 rings (SSSR count). The quantitative estimate of drug-likeness (QED) is 0.778. The van der Waals surface area contributed by atoms with Crippen LogP contribution in [0.3, 0.4) is 0 Å². The second kappa shape index (κ2) is 7.44. The number of aryl methyl sites for hydroxylation is 1. The molecule has 0 spiro atoms. The molecule has 0 bridgehead atoms. The third kappa shape index (κ3) is 5.83. The molecule has 1 aromatic heterocycles. The predicted octanol–water partition coefficient (Wildman–Crippen LogP) is 3.69. The summed E-state index contributed by atoms with van der Waals surface area (Å²) in [5.41, 5.74) is 2.44. The highest BCUT2D eigenvalue weighted by Gasteiger charge is 2.04. The average Bonchev–Trinajstić information content (AvgIpc) is 2.27. The molecule has 0 fully saturated rings. The molecular weight excluding hydrogens is 208 g/mol. The number of nitrogens with zero attached hydrogens (tertiary/aromatic N) is 1. The van der Waals surface area contributed by atoms with E-state index in [1.807, 2.05) is 12.3 Å². The molecule has 2 nitrogen and oxygen atoms in total. The summed E-state index contributed by atoms with van der Waals surface area (Å²) in [6.45, 7) is 9.84. The largest absolute Gasteiger partial charge is 0.309 e. The first-order valence-electron chi connectivity index (χ1n) is 6.73. The third-order valence-electron chi connectivity index (χ3n) is 3.15. The Balaban J connectivity index is 2.24. The minimum absolute atomic E-state index is 0.579. The molecule has 0 aliphatic heterocycles. The van der Waals surface area contributed by atoms with Gasteiger partial charge in [-0.2, -0.15) is 0 Å². The summed E-state index contributed by atoms with van der Waals surface area (Å²) in [5.74, 6) is 0.820. The van der Waals surface area contributed by atoms with Gasteiger partial charge >= 0.3 is 0 Å².